The predicted octanol–water partition coefficient (Wildman–Crippen LogP) is 4.07. The molecule has 31 heavy (non-hydrogen) atoms. The van der Waals surface area contributed by atoms with Gasteiger partial charge in [-0.2, -0.15) is 0 Å². The summed E-state index contributed by atoms with van der Waals surface area (Å²) in [5, 5.41) is 2.28. The highest BCUT2D eigenvalue weighted by Gasteiger charge is 2.36. The second kappa shape index (κ2) is 8.44. The van der Waals surface area contributed by atoms with Crippen LogP contribution < -0.4 is 10.2 Å². The molecule has 0 atom stereocenters. The van der Waals surface area contributed by atoms with Crippen molar-refractivity contribution in [1.29, 1.82) is 0 Å². The molecule has 1 N–H and O–H groups in total. The van der Waals surface area contributed by atoms with E-state index in [1.807, 2.05) is 73.1 Å². The van der Waals surface area contributed by atoms with Gasteiger partial charge in [0.1, 0.15) is 5.57 Å². The molecule has 4 amide bonds. The molecule has 0 bridgehead atoms. The van der Waals surface area contributed by atoms with Crippen LogP contribution in [-0.4, -0.2) is 22.4 Å². The fourth-order valence-corrected chi connectivity index (χ4v) is 3.59. The van der Waals surface area contributed by atoms with Gasteiger partial charge in [0.15, 0.2) is 0 Å². The zero-order chi connectivity index (χ0) is 22.0. The largest absolute Gasteiger partial charge is 0.344 e. The molecule has 0 saturated carbocycles. The van der Waals surface area contributed by atoms with E-state index >= 15 is 0 Å². The van der Waals surface area contributed by atoms with Crippen molar-refractivity contribution in [2.45, 2.75) is 26.8 Å². The number of amides is 4. The number of barbiturate groups is 1. The third-order valence-electron chi connectivity index (χ3n) is 5.46. The Morgan fingerprint density at radius 2 is 1.68 bits per heavy atom. The summed E-state index contributed by atoms with van der Waals surface area (Å²) >= 11 is 0. The molecule has 1 saturated heterocycles. The van der Waals surface area contributed by atoms with Crippen LogP contribution in [0.2, 0.25) is 0 Å². The van der Waals surface area contributed by atoms with E-state index in [1.54, 1.807) is 12.1 Å². The lowest BCUT2D eigenvalue weighted by Crippen LogP contribution is -2.54. The van der Waals surface area contributed by atoms with E-state index in [0.717, 1.165) is 28.0 Å². The van der Waals surface area contributed by atoms with Gasteiger partial charge in [-0.3, -0.25) is 14.9 Å². The van der Waals surface area contributed by atoms with Crippen LogP contribution in [0.25, 0.3) is 6.08 Å². The van der Waals surface area contributed by atoms with Gasteiger partial charge in [0.05, 0.1) is 5.69 Å². The molecule has 156 valence electrons. The second-order valence-electron chi connectivity index (χ2n) is 7.47. The van der Waals surface area contributed by atoms with Gasteiger partial charge in [0, 0.05) is 18.4 Å². The van der Waals surface area contributed by atoms with Crippen molar-refractivity contribution in [3.05, 3.63) is 94.8 Å². The van der Waals surface area contributed by atoms with Crippen molar-refractivity contribution in [1.82, 2.24) is 9.88 Å². The van der Waals surface area contributed by atoms with Gasteiger partial charge in [-0.25, -0.2) is 9.69 Å². The van der Waals surface area contributed by atoms with Crippen molar-refractivity contribution >= 4 is 29.6 Å². The summed E-state index contributed by atoms with van der Waals surface area (Å²) in [4.78, 5) is 39.0. The lowest BCUT2D eigenvalue weighted by molar-refractivity contribution is -0.122. The molecule has 4 rings (SSSR count). The minimum absolute atomic E-state index is 0.0797. The third kappa shape index (κ3) is 4.05. The number of hydrogen-bond acceptors (Lipinski definition) is 3. The van der Waals surface area contributed by atoms with Crippen LogP contribution in [-0.2, 0) is 22.6 Å². The smallest absolute Gasteiger partial charge is 0.335 e. The highest BCUT2D eigenvalue weighted by atomic mass is 16.2. The first-order chi connectivity index (χ1) is 15.0. The van der Waals surface area contributed by atoms with Gasteiger partial charge < -0.3 is 4.57 Å². The highest BCUT2D eigenvalue weighted by molar-refractivity contribution is 6.39. The van der Waals surface area contributed by atoms with Crippen molar-refractivity contribution in [2.24, 2.45) is 0 Å². The standard InChI is InChI=1S/C25H23N3O3/c1-3-18-10-12-20(13-11-18)28-24(30)22(23(29)26-25(28)31)15-21-9-6-14-27(21)16-19-8-5-4-7-17(19)2/h4-15H,3,16H2,1-2H3,(H,26,29,31). The Morgan fingerprint density at radius 3 is 2.39 bits per heavy atom. The number of imide groups is 2. The van der Waals surface area contributed by atoms with Gasteiger partial charge in [0.25, 0.3) is 11.8 Å². The van der Waals surface area contributed by atoms with Gasteiger partial charge in [-0.05, 0) is 60.4 Å². The van der Waals surface area contributed by atoms with E-state index in [0.29, 0.717) is 17.9 Å². The molecule has 1 fully saturated rings. The number of rotatable bonds is 5. The minimum Gasteiger partial charge on any atom is -0.344 e. The Balaban J connectivity index is 1.66. The van der Waals surface area contributed by atoms with Crippen molar-refractivity contribution < 1.29 is 14.4 Å². The number of aromatic nitrogens is 1. The summed E-state index contributed by atoms with van der Waals surface area (Å²) in [6.45, 7) is 4.68. The molecule has 0 spiro atoms. The van der Waals surface area contributed by atoms with E-state index in [1.165, 1.54) is 6.08 Å². The monoisotopic (exact) mass is 413 g/mol. The van der Waals surface area contributed by atoms with E-state index in [-0.39, 0.29) is 5.57 Å². The van der Waals surface area contributed by atoms with Crippen molar-refractivity contribution in [3.63, 3.8) is 0 Å². The van der Waals surface area contributed by atoms with Crippen molar-refractivity contribution in [3.8, 4) is 0 Å². The Morgan fingerprint density at radius 1 is 0.935 bits per heavy atom. The number of nitrogens with one attached hydrogen (secondary N) is 1. The number of anilines is 1. The zero-order valence-electron chi connectivity index (χ0n) is 17.5. The number of urea groups is 1. The van der Waals surface area contributed by atoms with E-state index in [9.17, 15) is 14.4 Å². The van der Waals surface area contributed by atoms with Gasteiger partial charge in [-0.15, -0.1) is 0 Å². The summed E-state index contributed by atoms with van der Waals surface area (Å²) in [5.41, 5.74) is 4.45. The van der Waals surface area contributed by atoms with Crippen LogP contribution >= 0.6 is 0 Å². The Kier molecular flexibility index (Phi) is 5.54. The predicted molar refractivity (Wildman–Crippen MR) is 120 cm³/mol. The quantitative estimate of drug-likeness (QED) is 0.506. The van der Waals surface area contributed by atoms with Crippen LogP contribution in [0.15, 0.2) is 72.4 Å². The minimum atomic E-state index is -0.744. The maximum Gasteiger partial charge on any atom is 0.335 e. The lowest BCUT2D eigenvalue weighted by Gasteiger charge is -2.26. The average molecular weight is 413 g/mol. The number of carbonyl (C=O) groups is 3. The molecule has 2 aromatic carbocycles. The average Bonchev–Trinajstić information content (AvgIpc) is 3.20. The summed E-state index contributed by atoms with van der Waals surface area (Å²) in [7, 11) is 0. The van der Waals surface area contributed by atoms with Crippen LogP contribution in [0.3, 0.4) is 0 Å². The molecule has 3 aromatic rings. The molecule has 0 unspecified atom stereocenters. The Hall–Kier alpha value is -3.93. The van der Waals surface area contributed by atoms with Crippen LogP contribution in [0.5, 0.6) is 0 Å². The number of nitrogens with zero attached hydrogens (tertiary/aromatic N) is 2. The maximum atomic E-state index is 13.1. The first-order valence-corrected chi connectivity index (χ1v) is 10.2. The SMILES string of the molecule is CCc1ccc(N2C(=O)NC(=O)C(=Cc3cccn3Cc3ccccc3C)C2=O)cc1. The van der Waals surface area contributed by atoms with Gasteiger partial charge in [0.2, 0.25) is 0 Å². The summed E-state index contributed by atoms with van der Waals surface area (Å²) in [5.74, 6) is -1.33. The first-order valence-electron chi connectivity index (χ1n) is 10.2. The molecule has 0 aliphatic carbocycles. The maximum absolute atomic E-state index is 13.1. The number of hydrogen-bond donors (Lipinski definition) is 1. The molecule has 2 heterocycles. The molecule has 1 aromatic heterocycles. The fraction of sp³-hybridized carbons (Fsp3) is 0.160. The first kappa shape index (κ1) is 20.3. The normalized spacial score (nSPS) is 15.5. The number of carbonyl (C=O) groups excluding carboxylic acids is 3. The molecular weight excluding hydrogens is 390 g/mol. The number of aryl methyl sites for hydroxylation is 2. The van der Waals surface area contributed by atoms with Crippen LogP contribution in [0, 0.1) is 6.92 Å². The molecule has 0 radical (unpaired) electrons. The summed E-state index contributed by atoms with van der Waals surface area (Å²) in [6.07, 6.45) is 4.29. The molecule has 6 heteroatoms. The second-order valence-corrected chi connectivity index (χ2v) is 7.47. The fourth-order valence-electron chi connectivity index (χ4n) is 3.59. The summed E-state index contributed by atoms with van der Waals surface area (Å²) in [6, 6.07) is 18.2. The van der Waals surface area contributed by atoms with Crippen LogP contribution in [0.1, 0.15) is 29.3 Å². The number of benzene rings is 2. The van der Waals surface area contributed by atoms with E-state index < -0.39 is 17.8 Å². The van der Waals surface area contributed by atoms with Crippen molar-refractivity contribution in [2.75, 3.05) is 4.90 Å². The van der Waals surface area contributed by atoms with Crippen LogP contribution in [0.4, 0.5) is 10.5 Å². The van der Waals surface area contributed by atoms with Gasteiger partial charge in [-0.1, -0.05) is 43.3 Å². The molecule has 1 aliphatic rings. The third-order valence-corrected chi connectivity index (χ3v) is 5.46. The topological polar surface area (TPSA) is 71.4 Å². The highest BCUT2D eigenvalue weighted by Crippen LogP contribution is 2.23. The molecule has 6 nitrogen and oxygen atoms in total. The summed E-state index contributed by atoms with van der Waals surface area (Å²) < 4.78 is 1.96. The molecule has 1 aliphatic heterocycles. The zero-order valence-corrected chi connectivity index (χ0v) is 17.5. The lowest BCUT2D eigenvalue weighted by atomic mass is 10.1. The Bertz CT molecular complexity index is 1190. The van der Waals surface area contributed by atoms with E-state index in [4.69, 9.17) is 0 Å². The van der Waals surface area contributed by atoms with E-state index in [2.05, 4.69) is 5.32 Å². The molecular formula is C25H23N3O3. The van der Waals surface area contributed by atoms with Gasteiger partial charge >= 0.3 is 6.03 Å². The Labute approximate surface area is 180 Å².